The molecule has 252 valence electrons. The van der Waals surface area contributed by atoms with Crippen LogP contribution in [-0.4, -0.2) is 24.0 Å². The maximum atomic E-state index is 11.2. The second kappa shape index (κ2) is 35.3. The van der Waals surface area contributed by atoms with Crippen LogP contribution < -0.4 is 5.73 Å². The highest BCUT2D eigenvalue weighted by molar-refractivity contribution is 4.93. The number of hydrogen-bond donors (Lipinski definition) is 2. The lowest BCUT2D eigenvalue weighted by atomic mass is 9.98. The molecule has 0 unspecified atom stereocenters. The predicted octanol–water partition coefficient (Wildman–Crippen LogP) is 12.4. The van der Waals surface area contributed by atoms with Gasteiger partial charge in [-0.25, -0.2) is 0 Å². The number of nitrogens with two attached hydrogens (primary N) is 1. The summed E-state index contributed by atoms with van der Waals surface area (Å²) in [5.41, 5.74) is 5.66. The minimum absolute atomic E-state index is 0.567. The Morgan fingerprint density at radius 2 is 0.814 bits per heavy atom. The lowest BCUT2D eigenvalue weighted by Crippen LogP contribution is -2.33. The van der Waals surface area contributed by atoms with Crippen LogP contribution in [-0.2, 0) is 4.74 Å². The maximum Gasteiger partial charge on any atom is 0.165 e. The molecule has 3 heteroatoms. The van der Waals surface area contributed by atoms with Crippen LogP contribution in [0.15, 0.2) is 48.6 Å². The average molecular weight is 602 g/mol. The van der Waals surface area contributed by atoms with Crippen molar-refractivity contribution in [2.24, 2.45) is 5.73 Å². The van der Waals surface area contributed by atoms with Gasteiger partial charge in [-0.1, -0.05) is 140 Å². The van der Waals surface area contributed by atoms with E-state index in [9.17, 15) is 5.11 Å². The van der Waals surface area contributed by atoms with Crippen molar-refractivity contribution in [1.29, 1.82) is 0 Å². The normalized spacial score (nSPS) is 13.9. The molecular formula is C40H75NO2. The summed E-state index contributed by atoms with van der Waals surface area (Å²) in [5, 5.41) is 11.2. The molecule has 0 aromatic heterocycles. The molecule has 3 nitrogen and oxygen atoms in total. The maximum absolute atomic E-state index is 11.2. The van der Waals surface area contributed by atoms with Gasteiger partial charge < -0.3 is 15.6 Å². The summed E-state index contributed by atoms with van der Waals surface area (Å²) < 4.78 is 5.97. The smallest absolute Gasteiger partial charge is 0.165 e. The van der Waals surface area contributed by atoms with Crippen molar-refractivity contribution in [3.8, 4) is 0 Å². The fourth-order valence-corrected chi connectivity index (χ4v) is 5.39. The van der Waals surface area contributed by atoms with Gasteiger partial charge in [0, 0.05) is 12.8 Å². The topological polar surface area (TPSA) is 55.5 Å². The van der Waals surface area contributed by atoms with Gasteiger partial charge in [0.1, 0.15) is 0 Å². The first-order valence-corrected chi connectivity index (χ1v) is 18.8. The Kier molecular flexibility index (Phi) is 34.4. The highest BCUT2D eigenvalue weighted by atomic mass is 16.6. The zero-order valence-electron chi connectivity index (χ0n) is 29.1. The van der Waals surface area contributed by atoms with Crippen molar-refractivity contribution in [3.05, 3.63) is 48.6 Å². The SMILES string of the molecule is CCCCCC=CCC=CCCCCCCCCC(O)(CCCCCCCCC=CCC=CCCCCC)OCCCN. The molecule has 0 heterocycles. The van der Waals surface area contributed by atoms with Gasteiger partial charge in [-0.15, -0.1) is 0 Å². The predicted molar refractivity (Wildman–Crippen MR) is 193 cm³/mol. The standard InChI is InChI=1S/C40H75NO2/c1-3-5-7-9-11-13-15-17-19-21-23-25-27-29-31-33-36-40(42,43-39-35-38-41)37-34-32-30-28-26-24-22-20-18-16-14-12-10-8-6-4-2/h11-14,17-20,42H,3-10,15-16,21-39,41H2,1-2H3. The molecule has 0 radical (unpaired) electrons. The molecule has 0 aromatic rings. The molecule has 0 saturated carbocycles. The Morgan fingerprint density at radius 3 is 1.19 bits per heavy atom. The lowest BCUT2D eigenvalue weighted by molar-refractivity contribution is -0.213. The number of allylic oxidation sites excluding steroid dienone is 8. The van der Waals surface area contributed by atoms with Crippen LogP contribution in [0.4, 0.5) is 0 Å². The summed E-state index contributed by atoms with van der Waals surface area (Å²) >= 11 is 0. The molecule has 0 atom stereocenters. The van der Waals surface area contributed by atoms with Crippen molar-refractivity contribution in [2.75, 3.05) is 13.2 Å². The molecule has 43 heavy (non-hydrogen) atoms. The molecule has 0 amide bonds. The molecule has 0 bridgehead atoms. The van der Waals surface area contributed by atoms with Gasteiger partial charge in [-0.3, -0.25) is 0 Å². The summed E-state index contributed by atoms with van der Waals surface area (Å²) in [6.45, 7) is 5.70. The van der Waals surface area contributed by atoms with E-state index in [4.69, 9.17) is 10.5 Å². The lowest BCUT2D eigenvalue weighted by Gasteiger charge is -2.28. The molecule has 0 aromatic carbocycles. The number of rotatable bonds is 34. The molecular weight excluding hydrogens is 526 g/mol. The Morgan fingerprint density at radius 1 is 0.465 bits per heavy atom. The van der Waals surface area contributed by atoms with E-state index in [1.54, 1.807) is 0 Å². The van der Waals surface area contributed by atoms with Crippen molar-refractivity contribution >= 4 is 0 Å². The van der Waals surface area contributed by atoms with Crippen molar-refractivity contribution in [3.63, 3.8) is 0 Å². The van der Waals surface area contributed by atoms with Gasteiger partial charge in [-0.2, -0.15) is 0 Å². The minimum atomic E-state index is -0.959. The largest absolute Gasteiger partial charge is 0.365 e. The Balaban J connectivity index is 3.83. The number of aliphatic hydroxyl groups is 1. The van der Waals surface area contributed by atoms with Crippen molar-refractivity contribution < 1.29 is 9.84 Å². The van der Waals surface area contributed by atoms with Gasteiger partial charge in [0.25, 0.3) is 0 Å². The molecule has 0 rings (SSSR count). The van der Waals surface area contributed by atoms with E-state index in [0.29, 0.717) is 13.2 Å². The summed E-state index contributed by atoms with van der Waals surface area (Å²) in [6, 6.07) is 0. The van der Waals surface area contributed by atoms with Gasteiger partial charge >= 0.3 is 0 Å². The van der Waals surface area contributed by atoms with E-state index in [1.165, 1.54) is 128 Å². The van der Waals surface area contributed by atoms with Gasteiger partial charge in [-0.05, 0) is 90.0 Å². The monoisotopic (exact) mass is 602 g/mol. The third kappa shape index (κ3) is 33.6. The van der Waals surface area contributed by atoms with E-state index in [2.05, 4.69) is 62.5 Å². The van der Waals surface area contributed by atoms with E-state index in [1.807, 2.05) is 0 Å². The highest BCUT2D eigenvalue weighted by Gasteiger charge is 2.26. The Hall–Kier alpha value is -1.16. The molecule has 0 aliphatic heterocycles. The Bertz CT molecular complexity index is 603. The van der Waals surface area contributed by atoms with Crippen LogP contribution in [0.1, 0.15) is 187 Å². The van der Waals surface area contributed by atoms with Gasteiger partial charge in [0.05, 0.1) is 6.61 Å². The van der Waals surface area contributed by atoms with Crippen LogP contribution in [0.5, 0.6) is 0 Å². The zero-order valence-corrected chi connectivity index (χ0v) is 29.1. The second-order valence-corrected chi connectivity index (χ2v) is 12.6. The number of unbranched alkanes of at least 4 members (excludes halogenated alkanes) is 18. The first-order valence-electron chi connectivity index (χ1n) is 18.8. The van der Waals surface area contributed by atoms with Crippen LogP contribution in [0.3, 0.4) is 0 Å². The van der Waals surface area contributed by atoms with Crippen LogP contribution in [0.2, 0.25) is 0 Å². The van der Waals surface area contributed by atoms with Crippen molar-refractivity contribution in [1.82, 2.24) is 0 Å². The highest BCUT2D eigenvalue weighted by Crippen LogP contribution is 2.25. The van der Waals surface area contributed by atoms with Crippen LogP contribution in [0, 0.1) is 0 Å². The molecule has 0 spiro atoms. The van der Waals surface area contributed by atoms with Crippen LogP contribution in [0.25, 0.3) is 0 Å². The fraction of sp³-hybridized carbons (Fsp3) is 0.800. The third-order valence-corrected chi connectivity index (χ3v) is 8.26. The summed E-state index contributed by atoms with van der Waals surface area (Å²) in [5.74, 6) is -0.959. The molecule has 0 fully saturated rings. The van der Waals surface area contributed by atoms with E-state index < -0.39 is 5.79 Å². The first-order chi connectivity index (χ1) is 21.2. The fourth-order valence-electron chi connectivity index (χ4n) is 5.39. The van der Waals surface area contributed by atoms with Gasteiger partial charge in [0.2, 0.25) is 0 Å². The number of ether oxygens (including phenoxy) is 1. The van der Waals surface area contributed by atoms with Crippen LogP contribution >= 0.6 is 0 Å². The minimum Gasteiger partial charge on any atom is -0.365 e. The number of hydrogen-bond acceptors (Lipinski definition) is 3. The molecule has 0 aliphatic rings. The first kappa shape index (κ1) is 41.8. The Labute approximate surface area is 269 Å². The zero-order chi connectivity index (χ0) is 31.4. The summed E-state index contributed by atoms with van der Waals surface area (Å²) in [4.78, 5) is 0. The molecule has 3 N–H and O–H groups in total. The average Bonchev–Trinajstić information content (AvgIpc) is 3.01. The van der Waals surface area contributed by atoms with Crippen molar-refractivity contribution in [2.45, 2.75) is 193 Å². The quantitative estimate of drug-likeness (QED) is 0.0438. The summed E-state index contributed by atoms with van der Waals surface area (Å²) in [6.07, 6.45) is 50.7. The van der Waals surface area contributed by atoms with E-state index in [0.717, 1.165) is 44.9 Å². The van der Waals surface area contributed by atoms with E-state index >= 15 is 0 Å². The molecule has 0 saturated heterocycles. The van der Waals surface area contributed by atoms with Gasteiger partial charge in [0.15, 0.2) is 5.79 Å². The third-order valence-electron chi connectivity index (χ3n) is 8.26. The van der Waals surface area contributed by atoms with E-state index in [-0.39, 0.29) is 0 Å². The molecule has 0 aliphatic carbocycles. The summed E-state index contributed by atoms with van der Waals surface area (Å²) in [7, 11) is 0. The second-order valence-electron chi connectivity index (χ2n) is 12.6.